The van der Waals surface area contributed by atoms with Gasteiger partial charge in [0.1, 0.15) is 4.21 Å². The molecule has 1 atom stereocenters. The van der Waals surface area contributed by atoms with Crippen molar-refractivity contribution >= 4 is 21.4 Å². The number of sulfonamides is 1. The molecular formula is C17H22N2O2S2. The number of aryl methyl sites for hydroxylation is 1. The van der Waals surface area contributed by atoms with Crippen LogP contribution < -0.4 is 4.72 Å². The molecular weight excluding hydrogens is 328 g/mol. The lowest BCUT2D eigenvalue weighted by Gasteiger charge is -2.33. The average molecular weight is 351 g/mol. The van der Waals surface area contributed by atoms with Gasteiger partial charge in [0.25, 0.3) is 0 Å². The minimum absolute atomic E-state index is 0.166. The van der Waals surface area contributed by atoms with Gasteiger partial charge in [0.2, 0.25) is 10.0 Å². The van der Waals surface area contributed by atoms with Crippen molar-refractivity contribution in [1.29, 1.82) is 0 Å². The van der Waals surface area contributed by atoms with Crippen LogP contribution in [0.1, 0.15) is 22.9 Å². The number of thiophene rings is 1. The first kappa shape index (κ1) is 16.6. The van der Waals surface area contributed by atoms with Crippen molar-refractivity contribution in [2.75, 3.05) is 13.1 Å². The van der Waals surface area contributed by atoms with Gasteiger partial charge in [0, 0.05) is 30.6 Å². The van der Waals surface area contributed by atoms with Crippen LogP contribution in [0.5, 0.6) is 0 Å². The molecule has 0 amide bonds. The maximum absolute atomic E-state index is 12.3. The molecule has 4 nitrogen and oxygen atoms in total. The van der Waals surface area contributed by atoms with E-state index in [2.05, 4.69) is 40.8 Å². The minimum atomic E-state index is -3.39. The van der Waals surface area contributed by atoms with Crippen LogP contribution in [0.15, 0.2) is 40.6 Å². The van der Waals surface area contributed by atoms with Crippen molar-refractivity contribution in [3.8, 4) is 0 Å². The Morgan fingerprint density at radius 1 is 1.22 bits per heavy atom. The summed E-state index contributed by atoms with van der Waals surface area (Å²) in [7, 11) is -3.39. The fourth-order valence-corrected chi connectivity index (χ4v) is 5.33. The van der Waals surface area contributed by atoms with Gasteiger partial charge < -0.3 is 0 Å². The SMILES string of the molecule is Cc1ccc(S(=O)(=O)NCC(C)N2CCc3ccccc3C2)s1. The van der Waals surface area contributed by atoms with Crippen LogP contribution in [-0.2, 0) is 23.0 Å². The molecule has 2 aromatic rings. The largest absolute Gasteiger partial charge is 0.295 e. The van der Waals surface area contributed by atoms with E-state index in [9.17, 15) is 8.42 Å². The zero-order valence-corrected chi connectivity index (χ0v) is 15.1. The van der Waals surface area contributed by atoms with Crippen LogP contribution in [0.4, 0.5) is 0 Å². The molecule has 6 heteroatoms. The Balaban J connectivity index is 1.61. The lowest BCUT2D eigenvalue weighted by Crippen LogP contribution is -2.44. The van der Waals surface area contributed by atoms with Crippen molar-refractivity contribution < 1.29 is 8.42 Å². The summed E-state index contributed by atoms with van der Waals surface area (Å²) in [4.78, 5) is 3.34. The Labute approximate surface area is 142 Å². The van der Waals surface area contributed by atoms with Crippen LogP contribution in [0.2, 0.25) is 0 Å². The lowest BCUT2D eigenvalue weighted by molar-refractivity contribution is 0.192. The summed E-state index contributed by atoms with van der Waals surface area (Å²) in [5.41, 5.74) is 2.76. The van der Waals surface area contributed by atoms with Crippen molar-refractivity contribution in [2.24, 2.45) is 0 Å². The fraction of sp³-hybridized carbons (Fsp3) is 0.412. The van der Waals surface area contributed by atoms with E-state index in [1.54, 1.807) is 6.07 Å². The van der Waals surface area contributed by atoms with E-state index >= 15 is 0 Å². The van der Waals surface area contributed by atoms with Crippen LogP contribution in [0.3, 0.4) is 0 Å². The average Bonchev–Trinajstić information content (AvgIpc) is 2.99. The number of rotatable bonds is 5. The van der Waals surface area contributed by atoms with Crippen molar-refractivity contribution in [3.63, 3.8) is 0 Å². The van der Waals surface area contributed by atoms with Gasteiger partial charge in [0.05, 0.1) is 0 Å². The van der Waals surface area contributed by atoms with Crippen molar-refractivity contribution in [2.45, 2.75) is 37.1 Å². The molecule has 0 saturated heterocycles. The van der Waals surface area contributed by atoms with E-state index in [1.807, 2.05) is 13.0 Å². The number of hydrogen-bond donors (Lipinski definition) is 1. The van der Waals surface area contributed by atoms with Crippen molar-refractivity contribution in [3.05, 3.63) is 52.4 Å². The first-order valence-corrected chi connectivity index (χ1v) is 10.1. The summed E-state index contributed by atoms with van der Waals surface area (Å²) in [6, 6.07) is 12.2. The minimum Gasteiger partial charge on any atom is -0.295 e. The number of fused-ring (bicyclic) bond motifs is 1. The summed E-state index contributed by atoms with van der Waals surface area (Å²) in [6.07, 6.45) is 1.03. The van der Waals surface area contributed by atoms with Crippen molar-refractivity contribution in [1.82, 2.24) is 9.62 Å². The normalized spacial score (nSPS) is 17.0. The first-order valence-electron chi connectivity index (χ1n) is 7.82. The molecule has 1 aromatic heterocycles. The summed E-state index contributed by atoms with van der Waals surface area (Å²) < 4.78 is 27.8. The maximum Gasteiger partial charge on any atom is 0.250 e. The second kappa shape index (κ2) is 6.73. The van der Waals surface area contributed by atoms with Gasteiger partial charge >= 0.3 is 0 Å². The van der Waals surface area contributed by atoms with E-state index in [4.69, 9.17) is 0 Å². The van der Waals surface area contributed by atoms with Gasteiger partial charge in [-0.15, -0.1) is 11.3 Å². The van der Waals surface area contributed by atoms with E-state index < -0.39 is 10.0 Å². The molecule has 3 rings (SSSR count). The van der Waals surface area contributed by atoms with Gasteiger partial charge in [0.15, 0.2) is 0 Å². The Bertz CT molecular complexity index is 783. The second-order valence-electron chi connectivity index (χ2n) is 6.06. The third kappa shape index (κ3) is 3.83. The number of nitrogens with zero attached hydrogens (tertiary/aromatic N) is 1. The zero-order chi connectivity index (χ0) is 16.4. The van der Waals surface area contributed by atoms with Gasteiger partial charge in [-0.25, -0.2) is 13.1 Å². The molecule has 1 N–H and O–H groups in total. The lowest BCUT2D eigenvalue weighted by atomic mass is 9.99. The monoisotopic (exact) mass is 350 g/mol. The highest BCUT2D eigenvalue weighted by Gasteiger charge is 2.23. The zero-order valence-electron chi connectivity index (χ0n) is 13.5. The molecule has 0 radical (unpaired) electrons. The molecule has 0 spiro atoms. The number of benzene rings is 1. The van der Waals surface area contributed by atoms with Gasteiger partial charge in [-0.3, -0.25) is 4.90 Å². The van der Waals surface area contributed by atoms with Crippen LogP contribution in [0, 0.1) is 6.92 Å². The maximum atomic E-state index is 12.3. The molecule has 1 aromatic carbocycles. The Morgan fingerprint density at radius 3 is 2.65 bits per heavy atom. The molecule has 2 heterocycles. The van der Waals surface area contributed by atoms with E-state index in [0.29, 0.717) is 10.8 Å². The summed E-state index contributed by atoms with van der Waals surface area (Å²) in [5.74, 6) is 0. The third-order valence-corrected chi connectivity index (χ3v) is 7.25. The number of nitrogens with one attached hydrogen (secondary N) is 1. The van der Waals surface area contributed by atoms with E-state index in [0.717, 1.165) is 24.4 Å². The molecule has 0 bridgehead atoms. The van der Waals surface area contributed by atoms with E-state index in [1.165, 1.54) is 22.5 Å². The second-order valence-corrected chi connectivity index (χ2v) is 9.34. The van der Waals surface area contributed by atoms with Gasteiger partial charge in [-0.05, 0) is 43.5 Å². The molecule has 124 valence electrons. The van der Waals surface area contributed by atoms with Crippen LogP contribution in [0.25, 0.3) is 0 Å². The van der Waals surface area contributed by atoms with Crippen LogP contribution >= 0.6 is 11.3 Å². The summed E-state index contributed by atoms with van der Waals surface area (Å²) >= 11 is 1.31. The molecule has 1 aliphatic rings. The van der Waals surface area contributed by atoms with E-state index in [-0.39, 0.29) is 6.04 Å². The third-order valence-electron chi connectivity index (χ3n) is 4.33. The number of hydrogen-bond acceptors (Lipinski definition) is 4. The Kier molecular flexibility index (Phi) is 4.87. The molecule has 0 fully saturated rings. The Morgan fingerprint density at radius 2 is 1.96 bits per heavy atom. The highest BCUT2D eigenvalue weighted by Crippen LogP contribution is 2.22. The quantitative estimate of drug-likeness (QED) is 0.902. The molecule has 0 aliphatic carbocycles. The van der Waals surface area contributed by atoms with Crippen LogP contribution in [-0.4, -0.2) is 32.4 Å². The smallest absolute Gasteiger partial charge is 0.250 e. The first-order chi connectivity index (χ1) is 11.0. The van der Waals surface area contributed by atoms with Gasteiger partial charge in [-0.2, -0.15) is 0 Å². The predicted molar refractivity (Wildman–Crippen MR) is 94.3 cm³/mol. The standard InChI is InChI=1S/C17H22N2O2S2/c1-13(11-18-23(20,21)17-8-7-14(2)22-17)19-10-9-15-5-3-4-6-16(15)12-19/h3-8,13,18H,9-12H2,1-2H3. The Hall–Kier alpha value is -1.21. The fourth-order valence-electron chi connectivity index (χ4n) is 2.88. The molecule has 23 heavy (non-hydrogen) atoms. The molecule has 1 unspecified atom stereocenters. The topological polar surface area (TPSA) is 49.4 Å². The predicted octanol–water partition coefficient (Wildman–Crippen LogP) is 2.78. The summed E-state index contributed by atoms with van der Waals surface area (Å²) in [5, 5.41) is 0. The molecule has 0 saturated carbocycles. The summed E-state index contributed by atoms with van der Waals surface area (Å²) in [6.45, 7) is 6.28. The molecule has 1 aliphatic heterocycles. The highest BCUT2D eigenvalue weighted by molar-refractivity contribution is 7.91. The highest BCUT2D eigenvalue weighted by atomic mass is 32.2. The van der Waals surface area contributed by atoms with Gasteiger partial charge in [-0.1, -0.05) is 24.3 Å².